The van der Waals surface area contributed by atoms with Gasteiger partial charge in [-0.15, -0.1) is 0 Å². The summed E-state index contributed by atoms with van der Waals surface area (Å²) in [7, 11) is 1.74. The number of phenolic OH excluding ortho intramolecular Hbond substituents is 1. The fraction of sp³-hybridized carbons (Fsp3) is 0.435. The van der Waals surface area contributed by atoms with Crippen LogP contribution in [-0.4, -0.2) is 98.9 Å². The Bertz CT molecular complexity index is 2440. The molecular weight excluding hydrogens is 759 g/mol. The molecule has 14 heteroatoms. The number of nitrogens with zero attached hydrogens (tertiary/aromatic N) is 7. The van der Waals surface area contributed by atoms with Gasteiger partial charge in [-0.2, -0.15) is 10.2 Å². The largest absolute Gasteiger partial charge is 0.507 e. The Morgan fingerprint density at radius 1 is 0.817 bits per heavy atom. The number of benzene rings is 3. The van der Waals surface area contributed by atoms with Gasteiger partial charge in [0.15, 0.2) is 0 Å². The number of aromatic nitrogens is 4. The SMILES string of the molecule is Cn1c(=O)n([C@@H]2CCC(=O)NC2=O)c2ccc(N3CCC(CN4CCC(NC(=O)C5(c6ccccc6)CCN(c6cnnc(-c7ccccc7O)c6)CC5)CC4)CC3)cc21. The number of imide groups is 1. The monoisotopic (exact) mass is 811 g/mol. The summed E-state index contributed by atoms with van der Waals surface area (Å²) < 4.78 is 3.13. The van der Waals surface area contributed by atoms with Crippen molar-refractivity contribution in [3.8, 4) is 17.0 Å². The van der Waals surface area contributed by atoms with Crippen molar-refractivity contribution in [2.24, 2.45) is 13.0 Å². The van der Waals surface area contributed by atoms with E-state index in [0.29, 0.717) is 55.0 Å². The van der Waals surface area contributed by atoms with Crippen LogP contribution in [-0.2, 0) is 26.8 Å². The maximum absolute atomic E-state index is 14.4. The lowest BCUT2D eigenvalue weighted by Crippen LogP contribution is -2.55. The molecular formula is C46H53N9O5. The summed E-state index contributed by atoms with van der Waals surface area (Å²) in [5.74, 6) is 0.151. The highest BCUT2D eigenvalue weighted by molar-refractivity contribution is 6.00. The minimum atomic E-state index is -0.693. The van der Waals surface area contributed by atoms with Crippen LogP contribution in [0, 0.1) is 5.92 Å². The van der Waals surface area contributed by atoms with E-state index in [2.05, 4.69) is 53.7 Å². The number of para-hydroxylation sites is 1. The molecule has 2 aromatic heterocycles. The summed E-state index contributed by atoms with van der Waals surface area (Å²) >= 11 is 0. The Balaban J connectivity index is 0.781. The number of carbonyl (C=O) groups is 3. The number of anilines is 2. The number of hydrogen-bond donors (Lipinski definition) is 3. The van der Waals surface area contributed by atoms with Crippen LogP contribution in [0.1, 0.15) is 63.0 Å². The number of amides is 3. The Hall–Kier alpha value is -6.02. The first-order valence-corrected chi connectivity index (χ1v) is 21.4. The first-order valence-electron chi connectivity index (χ1n) is 21.4. The first-order chi connectivity index (χ1) is 29.2. The zero-order valence-corrected chi connectivity index (χ0v) is 34.1. The molecule has 0 radical (unpaired) electrons. The predicted molar refractivity (Wildman–Crippen MR) is 230 cm³/mol. The predicted octanol–water partition coefficient (Wildman–Crippen LogP) is 4.52. The molecule has 5 aromatic rings. The molecule has 4 saturated heterocycles. The van der Waals surface area contributed by atoms with Gasteiger partial charge in [-0.1, -0.05) is 42.5 Å². The quantitative estimate of drug-likeness (QED) is 0.181. The minimum absolute atomic E-state index is 0.118. The Morgan fingerprint density at radius 3 is 2.27 bits per heavy atom. The molecule has 0 saturated carbocycles. The molecule has 60 heavy (non-hydrogen) atoms. The topological polar surface area (TPSA) is 158 Å². The van der Waals surface area contributed by atoms with Gasteiger partial charge in [0.2, 0.25) is 17.7 Å². The van der Waals surface area contributed by atoms with Crippen molar-refractivity contribution in [1.82, 2.24) is 34.9 Å². The fourth-order valence-electron chi connectivity index (χ4n) is 10.0. The van der Waals surface area contributed by atoms with E-state index in [4.69, 9.17) is 0 Å². The lowest BCUT2D eigenvalue weighted by atomic mass is 9.71. The zero-order chi connectivity index (χ0) is 41.4. The van der Waals surface area contributed by atoms with Crippen molar-refractivity contribution in [1.29, 1.82) is 0 Å². The van der Waals surface area contributed by atoms with Crippen LogP contribution in [0.3, 0.4) is 0 Å². The Morgan fingerprint density at radius 2 is 1.53 bits per heavy atom. The van der Waals surface area contributed by atoms with Crippen molar-refractivity contribution in [3.05, 3.63) is 101 Å². The highest BCUT2D eigenvalue weighted by Crippen LogP contribution is 2.39. The Labute approximate surface area is 349 Å². The van der Waals surface area contributed by atoms with E-state index in [1.165, 1.54) is 4.57 Å². The summed E-state index contributed by atoms with van der Waals surface area (Å²) in [5, 5.41) is 24.9. The number of aryl methyl sites for hydroxylation is 1. The summed E-state index contributed by atoms with van der Waals surface area (Å²) in [6.07, 6.45) is 7.65. The minimum Gasteiger partial charge on any atom is -0.507 e. The molecule has 0 spiro atoms. The summed E-state index contributed by atoms with van der Waals surface area (Å²) in [4.78, 5) is 59.3. The van der Waals surface area contributed by atoms with Crippen LogP contribution in [0.4, 0.5) is 11.4 Å². The number of fused-ring (bicyclic) bond motifs is 1. The van der Waals surface area contributed by atoms with E-state index in [-0.39, 0.29) is 35.7 Å². The maximum atomic E-state index is 14.4. The average Bonchev–Trinajstić information content (AvgIpc) is 3.52. The lowest BCUT2D eigenvalue weighted by molar-refractivity contribution is -0.135. The van der Waals surface area contributed by atoms with Crippen LogP contribution in [0.15, 0.2) is 89.9 Å². The van der Waals surface area contributed by atoms with Crippen LogP contribution >= 0.6 is 0 Å². The normalized spacial score (nSPS) is 20.6. The molecule has 4 fully saturated rings. The van der Waals surface area contributed by atoms with Crippen molar-refractivity contribution in [3.63, 3.8) is 0 Å². The molecule has 6 heterocycles. The van der Waals surface area contributed by atoms with Crippen molar-refractivity contribution in [2.75, 3.05) is 55.6 Å². The van der Waals surface area contributed by atoms with E-state index in [9.17, 15) is 24.3 Å². The smallest absolute Gasteiger partial charge is 0.329 e. The molecule has 14 nitrogen and oxygen atoms in total. The van der Waals surface area contributed by atoms with Crippen molar-refractivity contribution < 1.29 is 19.5 Å². The zero-order valence-electron chi connectivity index (χ0n) is 34.1. The standard InChI is InChI=1S/C46H53N9O5/c1-51-40-28-34(11-12-38(40)55(45(51)60)39-13-14-42(57)49-43(39)58)53-23-15-31(16-24-53)30-52-21-17-33(18-22-52)48-44(59)46(32-7-3-2-4-8-32)19-25-54(26-20-46)35-27-37(50-47-29-35)36-9-5-6-10-41(36)56/h2-12,27-29,31,33,39,56H,13-26,30H2,1H3,(H,48,59)(H,49,57,58)/t39-/m1/s1. The van der Waals surface area contributed by atoms with Gasteiger partial charge in [0.05, 0.1) is 34.0 Å². The number of rotatable bonds is 9. The van der Waals surface area contributed by atoms with E-state index < -0.39 is 17.4 Å². The van der Waals surface area contributed by atoms with Gasteiger partial charge in [0.25, 0.3) is 0 Å². The molecule has 3 aromatic carbocycles. The number of likely N-dealkylation sites (tertiary alicyclic amines) is 1. The molecule has 3 N–H and O–H groups in total. The lowest BCUT2D eigenvalue weighted by Gasteiger charge is -2.43. The third-order valence-electron chi connectivity index (χ3n) is 13.6. The van der Waals surface area contributed by atoms with E-state index >= 15 is 0 Å². The first kappa shape index (κ1) is 39.4. The molecule has 4 aliphatic heterocycles. The van der Waals surface area contributed by atoms with Gasteiger partial charge in [-0.05, 0) is 92.8 Å². The summed E-state index contributed by atoms with van der Waals surface area (Å²) in [5.41, 5.74) is 4.92. The van der Waals surface area contributed by atoms with Crippen molar-refractivity contribution in [2.45, 2.75) is 68.9 Å². The number of nitrogens with one attached hydrogen (secondary N) is 2. The molecule has 1 atom stereocenters. The van der Waals surface area contributed by atoms with Gasteiger partial charge < -0.3 is 25.1 Å². The molecule has 0 unspecified atom stereocenters. The molecule has 0 bridgehead atoms. The van der Waals surface area contributed by atoms with Gasteiger partial charge in [-0.3, -0.25) is 28.8 Å². The summed E-state index contributed by atoms with van der Waals surface area (Å²) in [6, 6.07) is 24.8. The second kappa shape index (κ2) is 16.6. The van der Waals surface area contributed by atoms with Crippen LogP contribution in [0.5, 0.6) is 5.75 Å². The third-order valence-corrected chi connectivity index (χ3v) is 13.6. The molecule has 9 rings (SSSR count). The number of imidazole rings is 1. The van der Waals surface area contributed by atoms with Crippen molar-refractivity contribution >= 4 is 40.1 Å². The highest BCUT2D eigenvalue weighted by atomic mass is 16.3. The number of piperidine rings is 4. The fourth-order valence-corrected chi connectivity index (χ4v) is 10.0. The third kappa shape index (κ3) is 7.64. The van der Waals surface area contributed by atoms with Crippen LogP contribution in [0.25, 0.3) is 22.3 Å². The van der Waals surface area contributed by atoms with Gasteiger partial charge >= 0.3 is 5.69 Å². The number of phenols is 1. The maximum Gasteiger partial charge on any atom is 0.329 e. The van der Waals surface area contributed by atoms with Gasteiger partial charge in [0.1, 0.15) is 11.8 Å². The second-order valence-electron chi connectivity index (χ2n) is 17.1. The highest BCUT2D eigenvalue weighted by Gasteiger charge is 2.44. The average molecular weight is 812 g/mol. The number of hydrogen-bond acceptors (Lipinski definition) is 10. The molecule has 3 amide bonds. The van der Waals surface area contributed by atoms with Gasteiger partial charge in [0, 0.05) is 76.6 Å². The van der Waals surface area contributed by atoms with E-state index in [1.54, 1.807) is 29.9 Å². The molecule has 0 aliphatic carbocycles. The molecule has 4 aliphatic rings. The van der Waals surface area contributed by atoms with E-state index in [0.717, 1.165) is 80.9 Å². The molecule has 312 valence electrons. The van der Waals surface area contributed by atoms with Crippen LogP contribution < -0.4 is 26.1 Å². The van der Waals surface area contributed by atoms with Crippen LogP contribution in [0.2, 0.25) is 0 Å². The summed E-state index contributed by atoms with van der Waals surface area (Å²) in [6.45, 7) is 6.21. The Kier molecular flexibility index (Phi) is 10.9. The number of carbonyl (C=O) groups excluding carboxylic acids is 3. The number of aromatic hydroxyl groups is 1. The second-order valence-corrected chi connectivity index (χ2v) is 17.1. The van der Waals surface area contributed by atoms with E-state index in [1.807, 2.05) is 48.5 Å². The van der Waals surface area contributed by atoms with Gasteiger partial charge in [-0.25, -0.2) is 4.79 Å².